The zero-order valence-electron chi connectivity index (χ0n) is 17.7. The molecule has 7 nitrogen and oxygen atoms in total. The van der Waals surface area contributed by atoms with Gasteiger partial charge in [-0.05, 0) is 49.4 Å². The molecule has 2 aliphatic rings. The molecule has 0 unspecified atom stereocenters. The molecule has 1 saturated heterocycles. The summed E-state index contributed by atoms with van der Waals surface area (Å²) in [5.41, 5.74) is 3.46. The van der Waals surface area contributed by atoms with Crippen LogP contribution in [0.3, 0.4) is 0 Å². The van der Waals surface area contributed by atoms with Gasteiger partial charge in [-0.3, -0.25) is 14.3 Å². The molecule has 5 rings (SSSR count). The molecule has 31 heavy (non-hydrogen) atoms. The van der Waals surface area contributed by atoms with Gasteiger partial charge in [0.1, 0.15) is 6.04 Å². The Morgan fingerprint density at radius 2 is 2.06 bits per heavy atom. The molecule has 7 heteroatoms. The summed E-state index contributed by atoms with van der Waals surface area (Å²) in [6.07, 6.45) is 3.36. The van der Waals surface area contributed by atoms with E-state index in [1.165, 1.54) is 0 Å². The first kappa shape index (κ1) is 19.8. The Bertz CT molecular complexity index is 1170. The SMILES string of the molecule is Cc1cccc([C@@H](CO)NC(=O)[C@H]2C[C@H]3C[C@H]3N2C(=O)c2ccc3c(cnn3C)c2)c1. The Balaban J connectivity index is 1.37. The maximum absolute atomic E-state index is 13.4. The highest BCUT2D eigenvalue weighted by molar-refractivity contribution is 6.01. The zero-order valence-corrected chi connectivity index (χ0v) is 17.7. The average Bonchev–Trinajstić information content (AvgIpc) is 3.28. The van der Waals surface area contributed by atoms with E-state index in [4.69, 9.17) is 0 Å². The number of aliphatic hydroxyl groups is 1. The number of aryl methyl sites for hydroxylation is 2. The quantitative estimate of drug-likeness (QED) is 0.666. The van der Waals surface area contributed by atoms with Crippen molar-refractivity contribution >= 4 is 22.7 Å². The lowest BCUT2D eigenvalue weighted by molar-refractivity contribution is -0.126. The predicted molar refractivity (Wildman–Crippen MR) is 116 cm³/mol. The molecular formula is C24H26N4O3. The molecule has 3 aromatic rings. The Kier molecular flexibility index (Phi) is 4.78. The number of carbonyl (C=O) groups excluding carboxylic acids is 2. The number of hydrogen-bond acceptors (Lipinski definition) is 4. The fourth-order valence-electron chi connectivity index (χ4n) is 4.82. The topological polar surface area (TPSA) is 87.5 Å². The molecule has 160 valence electrons. The molecule has 1 aromatic heterocycles. The van der Waals surface area contributed by atoms with E-state index in [1.54, 1.807) is 21.8 Å². The van der Waals surface area contributed by atoms with E-state index in [0.29, 0.717) is 17.9 Å². The first-order chi connectivity index (χ1) is 15.0. The summed E-state index contributed by atoms with van der Waals surface area (Å²) >= 11 is 0. The number of aromatic nitrogens is 2. The van der Waals surface area contributed by atoms with Gasteiger partial charge in [0.2, 0.25) is 5.91 Å². The highest BCUT2D eigenvalue weighted by atomic mass is 16.3. The number of likely N-dealkylation sites (tertiary alicyclic amines) is 1. The van der Waals surface area contributed by atoms with Gasteiger partial charge in [0.15, 0.2) is 0 Å². The van der Waals surface area contributed by atoms with Crippen LogP contribution in [0.2, 0.25) is 0 Å². The van der Waals surface area contributed by atoms with Crippen LogP contribution in [0.5, 0.6) is 0 Å². The third-order valence-electron chi connectivity index (χ3n) is 6.58. The molecule has 1 aliphatic carbocycles. The maximum Gasteiger partial charge on any atom is 0.254 e. The highest BCUT2D eigenvalue weighted by Crippen LogP contribution is 2.48. The number of amides is 2. The summed E-state index contributed by atoms with van der Waals surface area (Å²) in [6, 6.07) is 12.4. The molecule has 0 radical (unpaired) electrons. The first-order valence-corrected chi connectivity index (χ1v) is 10.7. The van der Waals surface area contributed by atoms with E-state index in [1.807, 2.05) is 50.4 Å². The van der Waals surface area contributed by atoms with Crippen molar-refractivity contribution in [2.45, 2.75) is 37.9 Å². The van der Waals surface area contributed by atoms with Crippen molar-refractivity contribution in [3.8, 4) is 0 Å². The average molecular weight is 418 g/mol. The van der Waals surface area contributed by atoms with Crippen LogP contribution in [0.15, 0.2) is 48.7 Å². The number of nitrogens with zero attached hydrogens (tertiary/aromatic N) is 3. The smallest absolute Gasteiger partial charge is 0.254 e. The Morgan fingerprint density at radius 3 is 2.84 bits per heavy atom. The number of rotatable bonds is 5. The number of aliphatic hydroxyl groups excluding tert-OH is 1. The lowest BCUT2D eigenvalue weighted by Crippen LogP contribution is -2.49. The van der Waals surface area contributed by atoms with E-state index >= 15 is 0 Å². The second-order valence-electron chi connectivity index (χ2n) is 8.73. The lowest BCUT2D eigenvalue weighted by atomic mass is 10.0. The number of fused-ring (bicyclic) bond motifs is 2. The standard InChI is InChI=1S/C24H26N4O3/c1-14-4-3-5-15(8-14)19(13-29)26-23(30)22-11-17-10-21(17)28(22)24(31)16-6-7-20-18(9-16)12-25-27(20)2/h3-9,12,17,19,21-22,29H,10-11,13H2,1-2H3,(H,26,30)/t17-,19-,21-,22-/m1/s1. The van der Waals surface area contributed by atoms with Crippen LogP contribution in [-0.2, 0) is 11.8 Å². The van der Waals surface area contributed by atoms with Gasteiger partial charge in [0.25, 0.3) is 5.91 Å². The monoisotopic (exact) mass is 418 g/mol. The minimum Gasteiger partial charge on any atom is -0.394 e. The van der Waals surface area contributed by atoms with Crippen LogP contribution >= 0.6 is 0 Å². The fourth-order valence-corrected chi connectivity index (χ4v) is 4.82. The van der Waals surface area contributed by atoms with Crippen LogP contribution < -0.4 is 5.32 Å². The molecule has 1 saturated carbocycles. The predicted octanol–water partition coefficient (Wildman–Crippen LogP) is 2.33. The molecular weight excluding hydrogens is 392 g/mol. The third-order valence-corrected chi connectivity index (χ3v) is 6.58. The normalized spacial score (nSPS) is 22.9. The van der Waals surface area contributed by atoms with Crippen molar-refractivity contribution in [2.24, 2.45) is 13.0 Å². The summed E-state index contributed by atoms with van der Waals surface area (Å²) < 4.78 is 1.77. The van der Waals surface area contributed by atoms with Crippen LogP contribution in [0.25, 0.3) is 10.9 Å². The van der Waals surface area contributed by atoms with Crippen molar-refractivity contribution in [3.05, 3.63) is 65.4 Å². The van der Waals surface area contributed by atoms with Gasteiger partial charge in [-0.2, -0.15) is 5.10 Å². The van der Waals surface area contributed by atoms with Gasteiger partial charge in [-0.25, -0.2) is 0 Å². The number of carbonyl (C=O) groups is 2. The fraction of sp³-hybridized carbons (Fsp3) is 0.375. The minimum absolute atomic E-state index is 0.119. The highest BCUT2D eigenvalue weighted by Gasteiger charge is 2.56. The third kappa shape index (κ3) is 3.49. The summed E-state index contributed by atoms with van der Waals surface area (Å²) in [5.74, 6) is 0.0592. The van der Waals surface area contributed by atoms with Crippen LogP contribution in [0, 0.1) is 12.8 Å². The van der Waals surface area contributed by atoms with Crippen LogP contribution in [0.4, 0.5) is 0 Å². The molecule has 0 spiro atoms. The summed E-state index contributed by atoms with van der Waals surface area (Å²) in [6.45, 7) is 1.78. The van der Waals surface area contributed by atoms with Crippen LogP contribution in [-0.4, -0.2) is 50.3 Å². The molecule has 0 bridgehead atoms. The van der Waals surface area contributed by atoms with Crippen LogP contribution in [0.1, 0.15) is 40.4 Å². The van der Waals surface area contributed by atoms with Crippen molar-refractivity contribution in [3.63, 3.8) is 0 Å². The van der Waals surface area contributed by atoms with Crippen molar-refractivity contribution in [2.75, 3.05) is 6.61 Å². The van der Waals surface area contributed by atoms with Gasteiger partial charge >= 0.3 is 0 Å². The molecule has 2 heterocycles. The lowest BCUT2D eigenvalue weighted by Gasteiger charge is -2.28. The molecule has 2 aromatic carbocycles. The van der Waals surface area contributed by atoms with Crippen molar-refractivity contribution < 1.29 is 14.7 Å². The zero-order chi connectivity index (χ0) is 21.7. The molecule has 2 N–H and O–H groups in total. The second kappa shape index (κ2) is 7.50. The van der Waals surface area contributed by atoms with E-state index in [9.17, 15) is 14.7 Å². The Morgan fingerprint density at radius 1 is 1.23 bits per heavy atom. The first-order valence-electron chi connectivity index (χ1n) is 10.7. The van der Waals surface area contributed by atoms with Gasteiger partial charge < -0.3 is 15.3 Å². The Hall–Kier alpha value is -3.19. The largest absolute Gasteiger partial charge is 0.394 e. The van der Waals surface area contributed by atoms with Gasteiger partial charge in [-0.1, -0.05) is 29.8 Å². The van der Waals surface area contributed by atoms with E-state index < -0.39 is 12.1 Å². The van der Waals surface area contributed by atoms with Gasteiger partial charge in [-0.15, -0.1) is 0 Å². The molecule has 4 atom stereocenters. The number of piperidine rings is 1. The summed E-state index contributed by atoms with van der Waals surface area (Å²) in [4.78, 5) is 28.3. The Labute approximate surface area is 180 Å². The van der Waals surface area contributed by atoms with E-state index in [0.717, 1.165) is 28.5 Å². The van der Waals surface area contributed by atoms with E-state index in [2.05, 4.69) is 10.4 Å². The number of benzene rings is 2. The molecule has 1 aliphatic heterocycles. The van der Waals surface area contributed by atoms with Crippen molar-refractivity contribution in [1.29, 1.82) is 0 Å². The summed E-state index contributed by atoms with van der Waals surface area (Å²) in [7, 11) is 1.87. The summed E-state index contributed by atoms with van der Waals surface area (Å²) in [5, 5.41) is 18.0. The maximum atomic E-state index is 13.4. The van der Waals surface area contributed by atoms with Gasteiger partial charge in [0.05, 0.1) is 24.4 Å². The molecule has 2 amide bonds. The minimum atomic E-state index is -0.514. The van der Waals surface area contributed by atoms with Gasteiger partial charge in [0, 0.05) is 24.0 Å². The second-order valence-corrected chi connectivity index (χ2v) is 8.73. The molecule has 2 fully saturated rings. The number of hydrogen-bond donors (Lipinski definition) is 2. The van der Waals surface area contributed by atoms with E-state index in [-0.39, 0.29) is 24.5 Å². The number of nitrogens with one attached hydrogen (secondary N) is 1. The van der Waals surface area contributed by atoms with Crippen molar-refractivity contribution in [1.82, 2.24) is 20.0 Å².